The zero-order valence-corrected chi connectivity index (χ0v) is 11.7. The zero-order chi connectivity index (χ0) is 15.1. The number of amides is 2. The first kappa shape index (κ1) is 15.1. The Bertz CT molecular complexity index is 414. The summed E-state index contributed by atoms with van der Waals surface area (Å²) in [6.07, 6.45) is -4.24. The molecule has 0 saturated carbocycles. The molecule has 114 valence electrons. The number of piperidine rings is 2. The minimum Gasteiger partial charge on any atom is -0.345 e. The van der Waals surface area contributed by atoms with Gasteiger partial charge < -0.3 is 9.80 Å². The van der Waals surface area contributed by atoms with Gasteiger partial charge in [-0.3, -0.25) is 9.59 Å². The molecule has 2 fully saturated rings. The molecular weight excluding hydrogens is 273 g/mol. The van der Waals surface area contributed by atoms with Crippen molar-refractivity contribution in [2.75, 3.05) is 26.7 Å². The molecular formula is C13H19F3N2O2. The van der Waals surface area contributed by atoms with Crippen LogP contribution in [0.4, 0.5) is 13.2 Å². The molecule has 2 aliphatic heterocycles. The summed E-state index contributed by atoms with van der Waals surface area (Å²) in [7, 11) is 1.55. The largest absolute Gasteiger partial charge is 0.392 e. The van der Waals surface area contributed by atoms with Crippen LogP contribution in [0.15, 0.2) is 0 Å². The fourth-order valence-electron chi connectivity index (χ4n) is 3.45. The van der Waals surface area contributed by atoms with E-state index >= 15 is 0 Å². The van der Waals surface area contributed by atoms with Crippen LogP contribution < -0.4 is 0 Å². The number of rotatable bonds is 0. The molecule has 0 N–H and O–H groups in total. The van der Waals surface area contributed by atoms with Crippen molar-refractivity contribution in [3.63, 3.8) is 0 Å². The van der Waals surface area contributed by atoms with Crippen LogP contribution in [0.25, 0.3) is 0 Å². The van der Waals surface area contributed by atoms with Gasteiger partial charge in [-0.05, 0) is 12.8 Å². The first-order valence-electron chi connectivity index (χ1n) is 6.72. The highest BCUT2D eigenvalue weighted by molar-refractivity contribution is 5.77. The van der Waals surface area contributed by atoms with Gasteiger partial charge in [-0.2, -0.15) is 13.2 Å². The summed E-state index contributed by atoms with van der Waals surface area (Å²) in [5, 5.41) is 0. The molecule has 0 aliphatic carbocycles. The Labute approximate surface area is 115 Å². The molecule has 0 bridgehead atoms. The van der Waals surface area contributed by atoms with Gasteiger partial charge in [0.25, 0.3) is 0 Å². The third-order valence-electron chi connectivity index (χ3n) is 4.70. The summed E-state index contributed by atoms with van der Waals surface area (Å²) in [4.78, 5) is 25.9. The van der Waals surface area contributed by atoms with E-state index in [4.69, 9.17) is 0 Å². The van der Waals surface area contributed by atoms with E-state index < -0.39 is 29.8 Å². The van der Waals surface area contributed by atoms with Crippen LogP contribution in [0.2, 0.25) is 0 Å². The van der Waals surface area contributed by atoms with E-state index in [0.29, 0.717) is 25.9 Å². The Balaban J connectivity index is 2.22. The lowest BCUT2D eigenvalue weighted by Crippen LogP contribution is -2.58. The van der Waals surface area contributed by atoms with Crippen LogP contribution in [-0.4, -0.2) is 54.5 Å². The predicted molar refractivity (Wildman–Crippen MR) is 65.7 cm³/mol. The van der Waals surface area contributed by atoms with Gasteiger partial charge in [-0.25, -0.2) is 0 Å². The average Bonchev–Trinajstić information content (AvgIpc) is 2.33. The van der Waals surface area contributed by atoms with E-state index in [2.05, 4.69) is 0 Å². The van der Waals surface area contributed by atoms with Crippen LogP contribution in [0.5, 0.6) is 0 Å². The molecule has 2 rings (SSSR count). The SMILES string of the molecule is CC(=O)N1CCC2(CC1)CN(C)C(=O)C[C@@H]2C(F)(F)F. The number of carbonyl (C=O) groups excluding carboxylic acids is 2. The fraction of sp³-hybridized carbons (Fsp3) is 0.846. The van der Waals surface area contributed by atoms with Crippen LogP contribution in [0.3, 0.4) is 0 Å². The maximum absolute atomic E-state index is 13.3. The second-order valence-electron chi connectivity index (χ2n) is 5.92. The topological polar surface area (TPSA) is 40.6 Å². The molecule has 0 aromatic heterocycles. The van der Waals surface area contributed by atoms with Crippen molar-refractivity contribution in [3.8, 4) is 0 Å². The van der Waals surface area contributed by atoms with E-state index in [9.17, 15) is 22.8 Å². The van der Waals surface area contributed by atoms with Gasteiger partial charge in [0, 0.05) is 45.4 Å². The van der Waals surface area contributed by atoms with Crippen molar-refractivity contribution in [2.24, 2.45) is 11.3 Å². The van der Waals surface area contributed by atoms with Crippen molar-refractivity contribution < 1.29 is 22.8 Å². The number of likely N-dealkylation sites (tertiary alicyclic amines) is 2. The molecule has 2 saturated heterocycles. The standard InChI is InChI=1S/C13H19F3N2O2/c1-9(19)18-5-3-12(4-6-18)8-17(2)11(20)7-10(12)13(14,15)16/h10H,3-8H2,1-2H3/t10-/m0/s1. The molecule has 2 heterocycles. The van der Waals surface area contributed by atoms with E-state index in [1.165, 1.54) is 11.8 Å². The van der Waals surface area contributed by atoms with Gasteiger partial charge in [0.05, 0.1) is 5.92 Å². The molecule has 4 nitrogen and oxygen atoms in total. The Hall–Kier alpha value is -1.27. The Kier molecular flexibility index (Phi) is 3.73. The highest BCUT2D eigenvalue weighted by atomic mass is 19.4. The number of nitrogens with zero attached hydrogens (tertiary/aromatic N) is 2. The van der Waals surface area contributed by atoms with E-state index in [1.54, 1.807) is 11.9 Å². The lowest BCUT2D eigenvalue weighted by Gasteiger charge is -2.51. The van der Waals surface area contributed by atoms with Crippen molar-refractivity contribution in [1.29, 1.82) is 0 Å². The average molecular weight is 292 g/mol. The molecule has 2 amide bonds. The van der Waals surface area contributed by atoms with Crippen LogP contribution in [0.1, 0.15) is 26.2 Å². The number of alkyl halides is 3. The highest BCUT2D eigenvalue weighted by Gasteiger charge is 2.57. The normalized spacial score (nSPS) is 27.1. The smallest absolute Gasteiger partial charge is 0.345 e. The number of carbonyl (C=O) groups is 2. The summed E-state index contributed by atoms with van der Waals surface area (Å²) in [5.74, 6) is -2.15. The molecule has 1 atom stereocenters. The maximum atomic E-state index is 13.3. The highest BCUT2D eigenvalue weighted by Crippen LogP contribution is 2.51. The molecule has 0 aromatic rings. The lowest BCUT2D eigenvalue weighted by atomic mass is 9.64. The molecule has 2 aliphatic rings. The van der Waals surface area contributed by atoms with E-state index in [0.717, 1.165) is 0 Å². The van der Waals surface area contributed by atoms with Crippen molar-refractivity contribution in [2.45, 2.75) is 32.4 Å². The van der Waals surface area contributed by atoms with Crippen LogP contribution >= 0.6 is 0 Å². The van der Waals surface area contributed by atoms with Gasteiger partial charge in [0.15, 0.2) is 0 Å². The van der Waals surface area contributed by atoms with Gasteiger partial charge in [0.2, 0.25) is 11.8 Å². The minimum atomic E-state index is -4.37. The number of halogens is 3. The maximum Gasteiger partial charge on any atom is 0.392 e. The molecule has 7 heteroatoms. The zero-order valence-electron chi connectivity index (χ0n) is 11.7. The monoisotopic (exact) mass is 292 g/mol. The van der Waals surface area contributed by atoms with Crippen molar-refractivity contribution >= 4 is 11.8 Å². The fourth-order valence-corrected chi connectivity index (χ4v) is 3.45. The van der Waals surface area contributed by atoms with Crippen molar-refractivity contribution in [1.82, 2.24) is 9.80 Å². The van der Waals surface area contributed by atoms with Crippen LogP contribution in [0, 0.1) is 11.3 Å². The third-order valence-corrected chi connectivity index (χ3v) is 4.70. The van der Waals surface area contributed by atoms with Gasteiger partial charge in [-0.1, -0.05) is 0 Å². The Morgan fingerprint density at radius 2 is 1.85 bits per heavy atom. The van der Waals surface area contributed by atoms with Gasteiger partial charge in [-0.15, -0.1) is 0 Å². The Morgan fingerprint density at radius 1 is 1.30 bits per heavy atom. The van der Waals surface area contributed by atoms with Crippen molar-refractivity contribution in [3.05, 3.63) is 0 Å². The Morgan fingerprint density at radius 3 is 2.30 bits per heavy atom. The molecule has 20 heavy (non-hydrogen) atoms. The molecule has 1 spiro atoms. The first-order valence-corrected chi connectivity index (χ1v) is 6.72. The summed E-state index contributed by atoms with van der Waals surface area (Å²) in [6, 6.07) is 0. The van der Waals surface area contributed by atoms with E-state index in [-0.39, 0.29) is 12.5 Å². The predicted octanol–water partition coefficient (Wildman–Crippen LogP) is 1.66. The summed E-state index contributed by atoms with van der Waals surface area (Å²) >= 11 is 0. The molecule has 0 aromatic carbocycles. The molecule has 0 unspecified atom stereocenters. The second-order valence-corrected chi connectivity index (χ2v) is 5.92. The first-order chi connectivity index (χ1) is 9.16. The summed E-state index contributed by atoms with van der Waals surface area (Å²) in [5.41, 5.74) is -0.938. The second kappa shape index (κ2) is 4.93. The van der Waals surface area contributed by atoms with Gasteiger partial charge in [0.1, 0.15) is 0 Å². The summed E-state index contributed by atoms with van der Waals surface area (Å²) in [6.45, 7) is 2.23. The number of hydrogen-bond donors (Lipinski definition) is 0. The summed E-state index contributed by atoms with van der Waals surface area (Å²) < 4.78 is 39.8. The third kappa shape index (κ3) is 2.62. The van der Waals surface area contributed by atoms with Crippen LogP contribution in [-0.2, 0) is 9.59 Å². The number of hydrogen-bond acceptors (Lipinski definition) is 2. The lowest BCUT2D eigenvalue weighted by molar-refractivity contribution is -0.229. The van der Waals surface area contributed by atoms with Gasteiger partial charge >= 0.3 is 6.18 Å². The quantitative estimate of drug-likeness (QED) is 0.681. The minimum absolute atomic E-state index is 0.108. The molecule has 0 radical (unpaired) electrons. The van der Waals surface area contributed by atoms with E-state index in [1.807, 2.05) is 0 Å².